The van der Waals surface area contributed by atoms with Crippen molar-refractivity contribution in [1.29, 1.82) is 0 Å². The summed E-state index contributed by atoms with van der Waals surface area (Å²) in [5.74, 6) is 0.849. The van der Waals surface area contributed by atoms with Gasteiger partial charge in [0, 0.05) is 36.7 Å². The van der Waals surface area contributed by atoms with Gasteiger partial charge in [-0.15, -0.1) is 0 Å². The smallest absolute Gasteiger partial charge is 0.237 e. The number of unbranched alkanes of at least 4 members (excludes halogenated alkanes) is 1. The van der Waals surface area contributed by atoms with Gasteiger partial charge in [-0.2, -0.15) is 0 Å². The highest BCUT2D eigenvalue weighted by atomic mass is 16.5. The Balaban J connectivity index is 1.46. The summed E-state index contributed by atoms with van der Waals surface area (Å²) < 4.78 is 5.91. The summed E-state index contributed by atoms with van der Waals surface area (Å²) in [5, 5.41) is 12.1. The molecule has 6 heteroatoms. The second kappa shape index (κ2) is 15.2. The monoisotopic (exact) mass is 583 g/mol. The molecule has 0 saturated heterocycles. The summed E-state index contributed by atoms with van der Waals surface area (Å²) in [7, 11) is 0. The van der Waals surface area contributed by atoms with Crippen molar-refractivity contribution in [3.63, 3.8) is 0 Å². The van der Waals surface area contributed by atoms with E-state index in [-0.39, 0.29) is 24.5 Å². The van der Waals surface area contributed by atoms with E-state index in [0.717, 1.165) is 48.2 Å². The minimum atomic E-state index is -0.700. The fraction of sp³-hybridized carbons (Fsp3) is 0.432. The van der Waals surface area contributed by atoms with Crippen molar-refractivity contribution in [3.05, 3.63) is 101 Å². The first-order chi connectivity index (χ1) is 20.6. The van der Waals surface area contributed by atoms with Crippen LogP contribution in [0.3, 0.4) is 0 Å². The van der Waals surface area contributed by atoms with E-state index in [1.807, 2.05) is 42.2 Å². The number of aliphatic hydroxyl groups is 1. The van der Waals surface area contributed by atoms with Crippen LogP contribution >= 0.6 is 0 Å². The summed E-state index contributed by atoms with van der Waals surface area (Å²) >= 11 is 0. The molecule has 4 aromatic rings. The second-order valence-corrected chi connectivity index (χ2v) is 12.7. The zero-order chi connectivity index (χ0) is 30.8. The predicted octanol–water partition coefficient (Wildman–Crippen LogP) is 6.89. The van der Waals surface area contributed by atoms with Crippen LogP contribution in [0.2, 0.25) is 0 Å². The summed E-state index contributed by atoms with van der Waals surface area (Å²) in [5.41, 5.74) is 5.83. The molecule has 0 aliphatic carbocycles. The van der Waals surface area contributed by atoms with E-state index in [1.165, 1.54) is 16.5 Å². The number of hydrogen-bond acceptors (Lipinski definition) is 4. The number of benzene rings is 3. The third-order valence-electron chi connectivity index (χ3n) is 8.05. The maximum absolute atomic E-state index is 13.9. The van der Waals surface area contributed by atoms with Crippen LogP contribution in [0.25, 0.3) is 10.9 Å². The van der Waals surface area contributed by atoms with Crippen LogP contribution in [0.5, 0.6) is 5.75 Å². The Kier molecular flexibility index (Phi) is 11.4. The number of aromatic nitrogens is 1. The zero-order valence-electron chi connectivity index (χ0n) is 26.6. The Bertz CT molecular complexity index is 1440. The number of fused-ring (bicyclic) bond motifs is 1. The number of aromatic amines is 1. The Labute approximate surface area is 257 Å². The van der Waals surface area contributed by atoms with Gasteiger partial charge in [0.05, 0.1) is 6.54 Å². The Morgan fingerprint density at radius 2 is 1.70 bits per heavy atom. The zero-order valence-corrected chi connectivity index (χ0v) is 26.6. The molecule has 1 amide bonds. The fourth-order valence-electron chi connectivity index (χ4n) is 5.38. The number of rotatable bonds is 15. The second-order valence-electron chi connectivity index (χ2n) is 12.7. The molecule has 43 heavy (non-hydrogen) atoms. The van der Waals surface area contributed by atoms with Gasteiger partial charge in [-0.1, -0.05) is 94.8 Å². The van der Waals surface area contributed by atoms with E-state index in [0.29, 0.717) is 19.6 Å². The lowest BCUT2D eigenvalue weighted by molar-refractivity contribution is -0.133. The molecule has 0 saturated carbocycles. The molecule has 230 valence electrons. The van der Waals surface area contributed by atoms with Gasteiger partial charge in [0.1, 0.15) is 18.5 Å². The van der Waals surface area contributed by atoms with Gasteiger partial charge < -0.3 is 19.7 Å². The number of aliphatic hydroxyl groups excluding tert-OH is 1. The number of H-pyrrole nitrogens is 1. The Morgan fingerprint density at radius 3 is 2.42 bits per heavy atom. The van der Waals surface area contributed by atoms with Gasteiger partial charge >= 0.3 is 0 Å². The Morgan fingerprint density at radius 1 is 0.977 bits per heavy atom. The highest BCUT2D eigenvalue weighted by Crippen LogP contribution is 2.23. The number of carbonyl (C=O) groups is 1. The average molecular weight is 584 g/mol. The van der Waals surface area contributed by atoms with Crippen LogP contribution in [-0.4, -0.2) is 64.7 Å². The van der Waals surface area contributed by atoms with E-state index >= 15 is 0 Å². The van der Waals surface area contributed by atoms with Crippen molar-refractivity contribution in [2.24, 2.45) is 0 Å². The standard InChI is InChI=1S/C37H49N3O3/c1-6-7-21-39(25-32(41)27-43-35-15-11-8-12-28(35)2)26-36(42)40(24-29-16-18-31(19-17-29)37(3,4)5)22-20-30-23-38-34-14-10-9-13-33(30)34/h8-19,23,32,38,41H,6-7,20-22,24-27H2,1-5H3/t32-/m1/s1. The first-order valence-electron chi connectivity index (χ1n) is 15.6. The summed E-state index contributed by atoms with van der Waals surface area (Å²) in [6, 6.07) is 24.8. The van der Waals surface area contributed by atoms with E-state index in [2.05, 4.69) is 86.2 Å². The number of para-hydroxylation sites is 2. The highest BCUT2D eigenvalue weighted by molar-refractivity contribution is 5.83. The van der Waals surface area contributed by atoms with Crippen molar-refractivity contribution in [1.82, 2.24) is 14.8 Å². The molecule has 1 atom stereocenters. The van der Waals surface area contributed by atoms with Gasteiger partial charge in [0.15, 0.2) is 0 Å². The van der Waals surface area contributed by atoms with Crippen molar-refractivity contribution in [3.8, 4) is 5.75 Å². The first-order valence-corrected chi connectivity index (χ1v) is 15.6. The fourth-order valence-corrected chi connectivity index (χ4v) is 5.38. The molecule has 0 radical (unpaired) electrons. The molecule has 0 aliphatic rings. The number of hydrogen-bond donors (Lipinski definition) is 2. The molecule has 0 aliphatic heterocycles. The maximum Gasteiger partial charge on any atom is 0.237 e. The molecule has 0 fully saturated rings. The van der Waals surface area contributed by atoms with Gasteiger partial charge in [0.2, 0.25) is 5.91 Å². The summed E-state index contributed by atoms with van der Waals surface area (Å²) in [4.78, 5) is 21.4. The number of nitrogens with one attached hydrogen (secondary N) is 1. The van der Waals surface area contributed by atoms with E-state index in [9.17, 15) is 9.90 Å². The van der Waals surface area contributed by atoms with Crippen molar-refractivity contribution in [2.45, 2.75) is 71.9 Å². The lowest BCUT2D eigenvalue weighted by Gasteiger charge is -2.29. The van der Waals surface area contributed by atoms with Crippen LogP contribution in [0.4, 0.5) is 0 Å². The summed E-state index contributed by atoms with van der Waals surface area (Å²) in [6.07, 6.45) is 4.10. The number of ether oxygens (including phenoxy) is 1. The molecule has 0 unspecified atom stereocenters. The SMILES string of the molecule is CCCCN(CC(=O)N(CCc1c[nH]c2ccccc12)Cc1ccc(C(C)(C)C)cc1)C[C@@H](O)COc1ccccc1C. The molecular weight excluding hydrogens is 534 g/mol. The molecule has 0 spiro atoms. The van der Waals surface area contributed by atoms with Crippen molar-refractivity contribution < 1.29 is 14.6 Å². The molecule has 3 aromatic carbocycles. The third kappa shape index (κ3) is 9.44. The van der Waals surface area contributed by atoms with Crippen LogP contribution in [0, 0.1) is 6.92 Å². The van der Waals surface area contributed by atoms with E-state index in [4.69, 9.17) is 4.74 Å². The normalized spacial score (nSPS) is 12.5. The third-order valence-corrected chi connectivity index (χ3v) is 8.05. The van der Waals surface area contributed by atoms with Crippen LogP contribution in [0.1, 0.15) is 62.8 Å². The largest absolute Gasteiger partial charge is 0.491 e. The Hall–Kier alpha value is -3.61. The van der Waals surface area contributed by atoms with Crippen molar-refractivity contribution >= 4 is 16.8 Å². The van der Waals surface area contributed by atoms with Crippen LogP contribution < -0.4 is 4.74 Å². The molecule has 1 heterocycles. The lowest BCUT2D eigenvalue weighted by atomic mass is 9.87. The molecular formula is C37H49N3O3. The van der Waals surface area contributed by atoms with Gasteiger partial charge in [0.25, 0.3) is 0 Å². The highest BCUT2D eigenvalue weighted by Gasteiger charge is 2.21. The minimum absolute atomic E-state index is 0.0721. The predicted molar refractivity (Wildman–Crippen MR) is 177 cm³/mol. The minimum Gasteiger partial charge on any atom is -0.491 e. The molecule has 6 nitrogen and oxygen atoms in total. The quantitative estimate of drug-likeness (QED) is 0.160. The molecule has 4 rings (SSSR count). The number of aryl methyl sites for hydroxylation is 1. The van der Waals surface area contributed by atoms with Gasteiger partial charge in [-0.3, -0.25) is 9.69 Å². The average Bonchev–Trinajstić information content (AvgIpc) is 3.40. The van der Waals surface area contributed by atoms with Crippen LogP contribution in [0.15, 0.2) is 79.0 Å². The topological polar surface area (TPSA) is 68.8 Å². The molecule has 0 bridgehead atoms. The van der Waals surface area contributed by atoms with E-state index in [1.54, 1.807) is 0 Å². The number of amides is 1. The number of carbonyl (C=O) groups excluding carboxylic acids is 1. The van der Waals surface area contributed by atoms with Gasteiger partial charge in [-0.25, -0.2) is 0 Å². The molecule has 1 aromatic heterocycles. The van der Waals surface area contributed by atoms with E-state index < -0.39 is 6.10 Å². The molecule has 2 N–H and O–H groups in total. The lowest BCUT2D eigenvalue weighted by Crippen LogP contribution is -2.44. The van der Waals surface area contributed by atoms with Crippen molar-refractivity contribution in [2.75, 3.05) is 32.8 Å². The summed E-state index contributed by atoms with van der Waals surface area (Å²) in [6.45, 7) is 13.5. The number of nitrogens with zero attached hydrogens (tertiary/aromatic N) is 2. The van der Waals surface area contributed by atoms with Gasteiger partial charge in [-0.05, 0) is 66.1 Å². The van der Waals surface area contributed by atoms with Crippen LogP contribution in [-0.2, 0) is 23.2 Å². The first kappa shape index (κ1) is 32.3. The maximum atomic E-state index is 13.9.